The Balaban J connectivity index is 2.24. The maximum Gasteiger partial charge on any atom is 0.265 e. The molecule has 0 saturated carbocycles. The number of aliphatic hydroxyl groups excluding tert-OH is 1. The number of nitrogens with zero attached hydrogens (tertiary/aromatic N) is 5. The molecule has 2 aromatic rings. The lowest BCUT2D eigenvalue weighted by molar-refractivity contribution is 0.0708. The quantitative estimate of drug-likeness (QED) is 0.854. The van der Waals surface area contributed by atoms with E-state index in [-0.39, 0.29) is 12.5 Å². The fourth-order valence-electron chi connectivity index (χ4n) is 1.57. The number of amides is 1. The number of thiophene rings is 1. The minimum Gasteiger partial charge on any atom is -0.392 e. The van der Waals surface area contributed by atoms with E-state index in [4.69, 9.17) is 0 Å². The van der Waals surface area contributed by atoms with Crippen LogP contribution in [-0.4, -0.2) is 55.8 Å². The molecule has 0 bridgehead atoms. The number of aromatic nitrogens is 4. The Labute approximate surface area is 108 Å². The van der Waals surface area contributed by atoms with Crippen LogP contribution in [0.3, 0.4) is 0 Å². The highest BCUT2D eigenvalue weighted by Gasteiger charge is 2.19. The summed E-state index contributed by atoms with van der Waals surface area (Å²) >= 11 is 1.32. The molecule has 18 heavy (non-hydrogen) atoms. The van der Waals surface area contributed by atoms with Crippen molar-refractivity contribution in [3.05, 3.63) is 22.7 Å². The molecular formula is C10H13N5O2S. The zero-order valence-corrected chi connectivity index (χ0v) is 10.8. The molecule has 1 unspecified atom stereocenters. The van der Waals surface area contributed by atoms with Crippen molar-refractivity contribution in [2.24, 2.45) is 0 Å². The van der Waals surface area contributed by atoms with Crippen LogP contribution in [-0.2, 0) is 0 Å². The van der Waals surface area contributed by atoms with E-state index < -0.39 is 6.10 Å². The topological polar surface area (TPSA) is 84.1 Å². The lowest BCUT2D eigenvalue weighted by Crippen LogP contribution is -2.33. The van der Waals surface area contributed by atoms with Gasteiger partial charge in [-0.05, 0) is 28.8 Å². The summed E-state index contributed by atoms with van der Waals surface area (Å²) in [6.45, 7) is 1.92. The Morgan fingerprint density at radius 2 is 2.44 bits per heavy atom. The van der Waals surface area contributed by atoms with Gasteiger partial charge < -0.3 is 10.0 Å². The third-order valence-corrected chi connectivity index (χ3v) is 3.21. The van der Waals surface area contributed by atoms with E-state index in [0.717, 1.165) is 0 Å². The molecule has 1 N–H and O–H groups in total. The molecule has 0 aromatic carbocycles. The average Bonchev–Trinajstić information content (AvgIpc) is 2.97. The van der Waals surface area contributed by atoms with Crippen LogP contribution in [0.1, 0.15) is 16.6 Å². The van der Waals surface area contributed by atoms with Crippen molar-refractivity contribution in [3.63, 3.8) is 0 Å². The Kier molecular flexibility index (Phi) is 3.68. The first-order chi connectivity index (χ1) is 8.59. The Morgan fingerprint density at radius 1 is 1.67 bits per heavy atom. The SMILES string of the molecule is CC(O)CN(C)C(=O)c1sccc1-n1cnnn1. The molecule has 2 rings (SSSR count). The van der Waals surface area contributed by atoms with E-state index in [1.807, 2.05) is 0 Å². The summed E-state index contributed by atoms with van der Waals surface area (Å²) in [7, 11) is 1.65. The fourth-order valence-corrected chi connectivity index (χ4v) is 2.44. The third kappa shape index (κ3) is 2.54. The monoisotopic (exact) mass is 267 g/mol. The van der Waals surface area contributed by atoms with E-state index in [2.05, 4.69) is 15.5 Å². The maximum atomic E-state index is 12.2. The first-order valence-electron chi connectivity index (χ1n) is 5.34. The van der Waals surface area contributed by atoms with E-state index >= 15 is 0 Å². The van der Waals surface area contributed by atoms with Crippen LogP contribution >= 0.6 is 11.3 Å². The second-order valence-electron chi connectivity index (χ2n) is 3.92. The zero-order chi connectivity index (χ0) is 13.1. The van der Waals surface area contributed by atoms with Crippen LogP contribution in [0, 0.1) is 0 Å². The minimum absolute atomic E-state index is 0.156. The molecular weight excluding hydrogens is 254 g/mol. The lowest BCUT2D eigenvalue weighted by atomic mass is 10.3. The van der Waals surface area contributed by atoms with Gasteiger partial charge in [0.25, 0.3) is 5.91 Å². The molecule has 0 saturated heterocycles. The normalized spacial score (nSPS) is 12.4. The number of aliphatic hydroxyl groups is 1. The highest BCUT2D eigenvalue weighted by Crippen LogP contribution is 2.21. The summed E-state index contributed by atoms with van der Waals surface area (Å²) in [4.78, 5) is 14.2. The molecule has 8 heteroatoms. The van der Waals surface area contributed by atoms with Crippen molar-refractivity contribution in [3.8, 4) is 5.69 Å². The zero-order valence-electron chi connectivity index (χ0n) is 10.0. The molecule has 0 fully saturated rings. The minimum atomic E-state index is -0.560. The highest BCUT2D eigenvalue weighted by molar-refractivity contribution is 7.12. The number of likely N-dealkylation sites (N-methyl/N-ethyl adjacent to an activating group) is 1. The Hall–Kier alpha value is -1.80. The third-order valence-electron chi connectivity index (χ3n) is 2.32. The van der Waals surface area contributed by atoms with Crippen molar-refractivity contribution in [1.82, 2.24) is 25.1 Å². The number of hydrogen-bond acceptors (Lipinski definition) is 6. The van der Waals surface area contributed by atoms with Crippen molar-refractivity contribution in [2.45, 2.75) is 13.0 Å². The molecule has 7 nitrogen and oxygen atoms in total. The summed E-state index contributed by atoms with van der Waals surface area (Å²) in [5, 5.41) is 22.0. The summed E-state index contributed by atoms with van der Waals surface area (Å²) in [6.07, 6.45) is 0.878. The predicted octanol–water partition coefficient (Wildman–Crippen LogP) is 0.177. The molecule has 1 amide bonds. The van der Waals surface area contributed by atoms with Gasteiger partial charge in [-0.3, -0.25) is 4.79 Å². The summed E-state index contributed by atoms with van der Waals surface area (Å²) in [5.41, 5.74) is 0.646. The number of hydrogen-bond donors (Lipinski definition) is 1. The smallest absolute Gasteiger partial charge is 0.265 e. The van der Waals surface area contributed by atoms with Crippen molar-refractivity contribution < 1.29 is 9.90 Å². The van der Waals surface area contributed by atoms with Gasteiger partial charge in [-0.2, -0.15) is 4.68 Å². The summed E-state index contributed by atoms with van der Waals surface area (Å²) in [6, 6.07) is 1.78. The number of carbonyl (C=O) groups excluding carboxylic acids is 1. The fraction of sp³-hybridized carbons (Fsp3) is 0.400. The first kappa shape index (κ1) is 12.7. The second kappa shape index (κ2) is 5.23. The van der Waals surface area contributed by atoms with Gasteiger partial charge in [-0.15, -0.1) is 16.4 Å². The van der Waals surface area contributed by atoms with Gasteiger partial charge in [0.05, 0.1) is 11.8 Å². The summed E-state index contributed by atoms with van der Waals surface area (Å²) in [5.74, 6) is -0.156. The number of rotatable bonds is 4. The predicted molar refractivity (Wildman–Crippen MR) is 65.7 cm³/mol. The molecule has 96 valence electrons. The van der Waals surface area contributed by atoms with E-state index in [1.54, 1.807) is 25.4 Å². The van der Waals surface area contributed by atoms with E-state index in [0.29, 0.717) is 10.6 Å². The lowest BCUT2D eigenvalue weighted by Gasteiger charge is -2.18. The second-order valence-corrected chi connectivity index (χ2v) is 4.84. The van der Waals surface area contributed by atoms with E-state index in [1.165, 1.54) is 27.2 Å². The van der Waals surface area contributed by atoms with Crippen LogP contribution in [0.2, 0.25) is 0 Å². The van der Waals surface area contributed by atoms with Crippen LogP contribution in [0.4, 0.5) is 0 Å². The number of tetrazole rings is 1. The summed E-state index contributed by atoms with van der Waals surface area (Å²) < 4.78 is 1.44. The average molecular weight is 267 g/mol. The van der Waals surface area contributed by atoms with Crippen LogP contribution in [0.15, 0.2) is 17.8 Å². The van der Waals surface area contributed by atoms with Gasteiger partial charge in [0.2, 0.25) is 0 Å². The molecule has 2 aromatic heterocycles. The van der Waals surface area contributed by atoms with Crippen LogP contribution < -0.4 is 0 Å². The van der Waals surface area contributed by atoms with Crippen LogP contribution in [0.5, 0.6) is 0 Å². The van der Waals surface area contributed by atoms with Crippen molar-refractivity contribution >= 4 is 17.2 Å². The molecule has 2 heterocycles. The molecule has 0 aliphatic heterocycles. The van der Waals surface area contributed by atoms with Gasteiger partial charge in [0, 0.05) is 13.6 Å². The Morgan fingerprint density at radius 3 is 3.06 bits per heavy atom. The largest absolute Gasteiger partial charge is 0.392 e. The van der Waals surface area contributed by atoms with Gasteiger partial charge in [0.1, 0.15) is 11.2 Å². The first-order valence-corrected chi connectivity index (χ1v) is 6.22. The van der Waals surface area contributed by atoms with E-state index in [9.17, 15) is 9.90 Å². The van der Waals surface area contributed by atoms with Crippen molar-refractivity contribution in [1.29, 1.82) is 0 Å². The standard InChI is InChI=1S/C10H13N5O2S/c1-7(16)5-14(2)10(17)9-8(3-4-18-9)15-6-11-12-13-15/h3-4,6-7,16H,5H2,1-2H3. The molecule has 0 aliphatic rings. The molecule has 0 aliphatic carbocycles. The maximum absolute atomic E-state index is 12.2. The van der Waals surface area contributed by atoms with Crippen molar-refractivity contribution in [2.75, 3.05) is 13.6 Å². The molecule has 0 radical (unpaired) electrons. The van der Waals surface area contributed by atoms with Gasteiger partial charge in [-0.1, -0.05) is 0 Å². The van der Waals surface area contributed by atoms with Gasteiger partial charge in [0.15, 0.2) is 0 Å². The van der Waals surface area contributed by atoms with Gasteiger partial charge in [-0.25, -0.2) is 0 Å². The van der Waals surface area contributed by atoms with Crippen LogP contribution in [0.25, 0.3) is 5.69 Å². The number of carbonyl (C=O) groups is 1. The highest BCUT2D eigenvalue weighted by atomic mass is 32.1. The van der Waals surface area contributed by atoms with Gasteiger partial charge >= 0.3 is 0 Å². The Bertz CT molecular complexity index is 522. The molecule has 1 atom stereocenters. The molecule has 0 spiro atoms.